The smallest absolute Gasteiger partial charge is 0.145 e. The molecule has 1 aromatic heterocycles. The summed E-state index contributed by atoms with van der Waals surface area (Å²) in [5, 5.41) is 13.1. The Morgan fingerprint density at radius 2 is 2.12 bits per heavy atom. The summed E-state index contributed by atoms with van der Waals surface area (Å²) < 4.78 is 14.6. The lowest BCUT2D eigenvalue weighted by Gasteiger charge is -2.07. The number of aromatic nitrogens is 2. The van der Waals surface area contributed by atoms with Crippen LogP contribution in [0.25, 0.3) is 5.69 Å². The van der Waals surface area contributed by atoms with Crippen LogP contribution in [0.15, 0.2) is 18.2 Å². The highest BCUT2D eigenvalue weighted by Crippen LogP contribution is 2.22. The van der Waals surface area contributed by atoms with Gasteiger partial charge < -0.3 is 5.73 Å². The molecule has 0 fully saturated rings. The molecule has 0 aliphatic carbocycles. The minimum absolute atomic E-state index is 0.235. The first-order valence-electron chi connectivity index (χ1n) is 5.06. The van der Waals surface area contributed by atoms with E-state index in [1.165, 1.54) is 16.8 Å². The Morgan fingerprint density at radius 1 is 1.41 bits per heavy atom. The van der Waals surface area contributed by atoms with Crippen LogP contribution < -0.4 is 5.73 Å². The van der Waals surface area contributed by atoms with Gasteiger partial charge in [-0.05, 0) is 31.5 Å². The molecule has 0 saturated heterocycles. The molecular formula is C12H11FN4. The van der Waals surface area contributed by atoms with Crippen molar-refractivity contribution in [3.63, 3.8) is 0 Å². The Kier molecular flexibility index (Phi) is 2.56. The van der Waals surface area contributed by atoms with Crippen LogP contribution in [0.2, 0.25) is 0 Å². The van der Waals surface area contributed by atoms with Gasteiger partial charge in [-0.3, -0.25) is 0 Å². The highest BCUT2D eigenvalue weighted by molar-refractivity contribution is 5.57. The predicted octanol–water partition coefficient (Wildman–Crippen LogP) is 2.08. The second-order valence-electron chi connectivity index (χ2n) is 3.80. The molecule has 0 unspecified atom stereocenters. The molecule has 0 atom stereocenters. The van der Waals surface area contributed by atoms with E-state index < -0.39 is 0 Å². The van der Waals surface area contributed by atoms with Gasteiger partial charge in [0.1, 0.15) is 23.3 Å². The molecule has 2 N–H and O–H groups in total. The van der Waals surface area contributed by atoms with Crippen molar-refractivity contribution in [2.24, 2.45) is 0 Å². The van der Waals surface area contributed by atoms with E-state index in [2.05, 4.69) is 5.10 Å². The molecule has 0 aliphatic heterocycles. The lowest BCUT2D eigenvalue weighted by Crippen LogP contribution is -2.04. The molecule has 0 amide bonds. The Labute approximate surface area is 98.1 Å². The fourth-order valence-electron chi connectivity index (χ4n) is 1.68. The molecule has 2 rings (SSSR count). The summed E-state index contributed by atoms with van der Waals surface area (Å²) in [6, 6.07) is 6.35. The maximum absolute atomic E-state index is 13.2. The quantitative estimate of drug-likeness (QED) is 0.815. The van der Waals surface area contributed by atoms with Gasteiger partial charge in [-0.25, -0.2) is 9.07 Å². The van der Waals surface area contributed by atoms with Gasteiger partial charge in [-0.2, -0.15) is 10.4 Å². The molecule has 0 bridgehead atoms. The Morgan fingerprint density at radius 3 is 2.71 bits per heavy atom. The number of benzene rings is 1. The third-order valence-electron chi connectivity index (χ3n) is 2.61. The van der Waals surface area contributed by atoms with Crippen LogP contribution in [-0.2, 0) is 0 Å². The maximum atomic E-state index is 13.2. The lowest BCUT2D eigenvalue weighted by atomic mass is 10.2. The lowest BCUT2D eigenvalue weighted by molar-refractivity contribution is 0.625. The summed E-state index contributed by atoms with van der Waals surface area (Å²) >= 11 is 0. The van der Waals surface area contributed by atoms with Crippen molar-refractivity contribution < 1.29 is 4.39 Å². The Hall–Kier alpha value is -2.35. The van der Waals surface area contributed by atoms with E-state index in [4.69, 9.17) is 11.0 Å². The molecule has 0 radical (unpaired) electrons. The number of nitrogen functional groups attached to an aromatic ring is 1. The molecule has 1 heterocycles. The first kappa shape index (κ1) is 11.1. The largest absolute Gasteiger partial charge is 0.382 e. The summed E-state index contributed by atoms with van der Waals surface area (Å²) in [7, 11) is 0. The van der Waals surface area contributed by atoms with Crippen molar-refractivity contribution in [1.82, 2.24) is 9.78 Å². The summed E-state index contributed by atoms with van der Waals surface area (Å²) in [6.07, 6.45) is 0. The average molecular weight is 230 g/mol. The van der Waals surface area contributed by atoms with Crippen molar-refractivity contribution in [2.45, 2.75) is 13.8 Å². The van der Waals surface area contributed by atoms with Crippen LogP contribution in [0.3, 0.4) is 0 Å². The number of nitrogens with zero attached hydrogens (tertiary/aromatic N) is 3. The molecule has 86 valence electrons. The molecule has 4 nitrogen and oxygen atoms in total. The third kappa shape index (κ3) is 1.74. The number of hydrogen-bond acceptors (Lipinski definition) is 3. The summed E-state index contributed by atoms with van der Waals surface area (Å²) in [4.78, 5) is 0. The normalized spacial score (nSPS) is 10.2. The van der Waals surface area contributed by atoms with Crippen LogP contribution in [0.1, 0.15) is 16.8 Å². The van der Waals surface area contributed by atoms with Gasteiger partial charge in [-0.15, -0.1) is 0 Å². The molecule has 1 aromatic carbocycles. The van der Waals surface area contributed by atoms with E-state index in [9.17, 15) is 4.39 Å². The van der Waals surface area contributed by atoms with E-state index in [0.717, 1.165) is 5.56 Å². The zero-order chi connectivity index (χ0) is 12.6. The second kappa shape index (κ2) is 3.91. The van der Waals surface area contributed by atoms with Crippen molar-refractivity contribution in [2.75, 3.05) is 5.73 Å². The number of aryl methyl sites for hydroxylation is 2. The third-order valence-corrected chi connectivity index (χ3v) is 2.61. The van der Waals surface area contributed by atoms with Gasteiger partial charge >= 0.3 is 0 Å². The number of nitriles is 1. The van der Waals surface area contributed by atoms with Crippen molar-refractivity contribution in [3.8, 4) is 11.8 Å². The van der Waals surface area contributed by atoms with Crippen LogP contribution >= 0.6 is 0 Å². The van der Waals surface area contributed by atoms with E-state index in [0.29, 0.717) is 16.9 Å². The van der Waals surface area contributed by atoms with Gasteiger partial charge in [0, 0.05) is 0 Å². The zero-order valence-electron chi connectivity index (χ0n) is 9.53. The van der Waals surface area contributed by atoms with Gasteiger partial charge in [0.05, 0.1) is 11.4 Å². The van der Waals surface area contributed by atoms with Crippen molar-refractivity contribution >= 4 is 5.82 Å². The SMILES string of the molecule is Cc1ccc(F)cc1-n1nc(C)c(C#N)c1N. The molecule has 5 heteroatoms. The van der Waals surface area contributed by atoms with Gasteiger partial charge in [0.15, 0.2) is 0 Å². The van der Waals surface area contributed by atoms with Crippen LogP contribution in [0.4, 0.5) is 10.2 Å². The van der Waals surface area contributed by atoms with E-state index in [1.54, 1.807) is 13.0 Å². The molecule has 2 aromatic rings. The highest BCUT2D eigenvalue weighted by atomic mass is 19.1. The number of anilines is 1. The number of hydrogen-bond donors (Lipinski definition) is 1. The van der Waals surface area contributed by atoms with Crippen LogP contribution in [0.5, 0.6) is 0 Å². The Bertz CT molecular complexity index is 622. The van der Waals surface area contributed by atoms with Gasteiger partial charge in [-0.1, -0.05) is 6.07 Å². The molecule has 0 saturated carbocycles. The van der Waals surface area contributed by atoms with E-state index >= 15 is 0 Å². The number of halogens is 1. The van der Waals surface area contributed by atoms with Crippen molar-refractivity contribution in [1.29, 1.82) is 5.26 Å². The molecular weight excluding hydrogens is 219 g/mol. The van der Waals surface area contributed by atoms with E-state index in [1.807, 2.05) is 13.0 Å². The van der Waals surface area contributed by atoms with Crippen LogP contribution in [0, 0.1) is 31.0 Å². The average Bonchev–Trinajstić information content (AvgIpc) is 2.57. The number of nitrogens with two attached hydrogens (primary N) is 1. The number of rotatable bonds is 1. The fourth-order valence-corrected chi connectivity index (χ4v) is 1.68. The minimum Gasteiger partial charge on any atom is -0.382 e. The predicted molar refractivity (Wildman–Crippen MR) is 62.1 cm³/mol. The Balaban J connectivity index is 2.70. The fraction of sp³-hybridized carbons (Fsp3) is 0.167. The standard InChI is InChI=1S/C12H11FN4/c1-7-3-4-9(13)5-11(7)17-12(15)10(6-14)8(2)16-17/h3-5H,15H2,1-2H3. The maximum Gasteiger partial charge on any atom is 0.145 e. The zero-order valence-corrected chi connectivity index (χ0v) is 9.53. The summed E-state index contributed by atoms with van der Waals surface area (Å²) in [5.41, 5.74) is 8.07. The first-order valence-corrected chi connectivity index (χ1v) is 5.06. The first-order chi connectivity index (χ1) is 8.04. The highest BCUT2D eigenvalue weighted by Gasteiger charge is 2.14. The molecule has 17 heavy (non-hydrogen) atoms. The van der Waals surface area contributed by atoms with Gasteiger partial charge in [0.25, 0.3) is 0 Å². The minimum atomic E-state index is -0.364. The van der Waals surface area contributed by atoms with Crippen LogP contribution in [-0.4, -0.2) is 9.78 Å². The topological polar surface area (TPSA) is 67.6 Å². The molecule has 0 spiro atoms. The monoisotopic (exact) mass is 230 g/mol. The van der Waals surface area contributed by atoms with Crippen molar-refractivity contribution in [3.05, 3.63) is 40.8 Å². The van der Waals surface area contributed by atoms with Gasteiger partial charge in [0.2, 0.25) is 0 Å². The van der Waals surface area contributed by atoms with E-state index in [-0.39, 0.29) is 11.6 Å². The summed E-state index contributed by atoms with van der Waals surface area (Å²) in [5.74, 6) is -0.129. The molecule has 0 aliphatic rings. The summed E-state index contributed by atoms with van der Waals surface area (Å²) in [6.45, 7) is 3.53. The second-order valence-corrected chi connectivity index (χ2v) is 3.80.